The maximum Gasteiger partial charge on any atom is 0.274 e. The molecule has 0 unspecified atom stereocenters. The molecule has 0 radical (unpaired) electrons. The Kier molecular flexibility index (Phi) is 6.22. The minimum absolute atomic E-state index is 0.134. The van der Waals surface area contributed by atoms with Crippen molar-refractivity contribution in [3.8, 4) is 0 Å². The highest BCUT2D eigenvalue weighted by atomic mass is 16.2. The van der Waals surface area contributed by atoms with E-state index < -0.39 is 0 Å². The molecule has 0 aliphatic heterocycles. The van der Waals surface area contributed by atoms with E-state index in [-0.39, 0.29) is 23.6 Å². The number of carbonyl (C=O) groups is 2. The van der Waals surface area contributed by atoms with Crippen molar-refractivity contribution in [3.05, 3.63) is 58.9 Å². The molecule has 1 aliphatic rings. The summed E-state index contributed by atoms with van der Waals surface area (Å²) in [6, 6.07) is 9.33. The summed E-state index contributed by atoms with van der Waals surface area (Å²) in [5.74, 6) is -0.446. The zero-order valence-corrected chi connectivity index (χ0v) is 16.0. The Morgan fingerprint density at radius 1 is 0.963 bits per heavy atom. The van der Waals surface area contributed by atoms with Gasteiger partial charge in [0.15, 0.2) is 0 Å². The molecule has 2 aromatic rings. The zero-order chi connectivity index (χ0) is 19.2. The van der Waals surface area contributed by atoms with Crippen LogP contribution in [-0.2, 0) is 0 Å². The standard InChI is InChI=1S/C22H27N3O2/c1-15-9-10-16(2)19(13-15)25-22(27)20-14-17(11-12-23-20)21(26)24-18-7-5-3-4-6-8-18/h9-14,18H,3-8H2,1-2H3,(H,24,26)(H,25,27). The van der Waals surface area contributed by atoms with Crippen LogP contribution in [0.5, 0.6) is 0 Å². The Balaban J connectivity index is 1.69. The molecule has 3 rings (SSSR count). The average Bonchev–Trinajstić information content (AvgIpc) is 2.93. The first-order valence-corrected chi connectivity index (χ1v) is 9.68. The Hall–Kier alpha value is -2.69. The molecule has 1 heterocycles. The van der Waals surface area contributed by atoms with Gasteiger partial charge in [-0.1, -0.05) is 37.8 Å². The Morgan fingerprint density at radius 3 is 2.44 bits per heavy atom. The van der Waals surface area contributed by atoms with Gasteiger partial charge >= 0.3 is 0 Å². The van der Waals surface area contributed by atoms with Gasteiger partial charge < -0.3 is 10.6 Å². The molecular weight excluding hydrogens is 338 g/mol. The van der Waals surface area contributed by atoms with E-state index in [1.54, 1.807) is 12.1 Å². The van der Waals surface area contributed by atoms with Gasteiger partial charge in [-0.15, -0.1) is 0 Å². The molecule has 0 saturated heterocycles. The Bertz CT molecular complexity index is 824. The summed E-state index contributed by atoms with van der Waals surface area (Å²) in [6.45, 7) is 3.92. The fourth-order valence-corrected chi connectivity index (χ4v) is 3.45. The van der Waals surface area contributed by atoms with Crippen molar-refractivity contribution >= 4 is 17.5 Å². The highest BCUT2D eigenvalue weighted by Crippen LogP contribution is 2.19. The van der Waals surface area contributed by atoms with E-state index in [1.165, 1.54) is 19.0 Å². The molecule has 1 aromatic carbocycles. The molecule has 5 nitrogen and oxygen atoms in total. The molecule has 0 bridgehead atoms. The molecule has 1 saturated carbocycles. The minimum Gasteiger partial charge on any atom is -0.349 e. The fraction of sp³-hybridized carbons (Fsp3) is 0.409. The van der Waals surface area contributed by atoms with Crippen LogP contribution in [0.2, 0.25) is 0 Å². The first-order valence-electron chi connectivity index (χ1n) is 9.68. The second-order valence-corrected chi connectivity index (χ2v) is 7.36. The number of rotatable bonds is 4. The van der Waals surface area contributed by atoms with Crippen LogP contribution in [0.25, 0.3) is 0 Å². The molecule has 142 valence electrons. The minimum atomic E-state index is -0.312. The van der Waals surface area contributed by atoms with Gasteiger partial charge in [-0.05, 0) is 56.0 Å². The lowest BCUT2D eigenvalue weighted by molar-refractivity contribution is 0.0933. The van der Waals surface area contributed by atoms with Gasteiger partial charge in [0.1, 0.15) is 5.69 Å². The van der Waals surface area contributed by atoms with Crippen molar-refractivity contribution < 1.29 is 9.59 Å². The van der Waals surface area contributed by atoms with Crippen LogP contribution in [0.3, 0.4) is 0 Å². The van der Waals surface area contributed by atoms with Crippen LogP contribution in [0, 0.1) is 13.8 Å². The van der Waals surface area contributed by atoms with Gasteiger partial charge in [0.05, 0.1) is 0 Å². The molecule has 1 fully saturated rings. The lowest BCUT2D eigenvalue weighted by Crippen LogP contribution is -2.34. The van der Waals surface area contributed by atoms with Crippen LogP contribution in [0.1, 0.15) is 70.5 Å². The maximum atomic E-state index is 12.6. The summed E-state index contributed by atoms with van der Waals surface area (Å²) < 4.78 is 0. The van der Waals surface area contributed by atoms with E-state index in [1.807, 2.05) is 32.0 Å². The molecular formula is C22H27N3O2. The highest BCUT2D eigenvalue weighted by molar-refractivity contribution is 6.05. The number of hydrogen-bond donors (Lipinski definition) is 2. The Morgan fingerprint density at radius 2 is 1.70 bits per heavy atom. The van der Waals surface area contributed by atoms with Crippen molar-refractivity contribution in [1.29, 1.82) is 0 Å². The number of nitrogens with zero attached hydrogens (tertiary/aromatic N) is 1. The van der Waals surface area contributed by atoms with Crippen molar-refractivity contribution in [2.75, 3.05) is 5.32 Å². The summed E-state index contributed by atoms with van der Waals surface area (Å²) >= 11 is 0. The summed E-state index contributed by atoms with van der Waals surface area (Å²) in [4.78, 5) is 29.3. The topological polar surface area (TPSA) is 71.1 Å². The molecule has 0 atom stereocenters. The molecule has 27 heavy (non-hydrogen) atoms. The van der Waals surface area contributed by atoms with Gasteiger partial charge in [0.2, 0.25) is 0 Å². The number of pyridine rings is 1. The summed E-state index contributed by atoms with van der Waals surface area (Å²) in [5.41, 5.74) is 3.52. The first kappa shape index (κ1) is 19.1. The van der Waals surface area contributed by atoms with E-state index >= 15 is 0 Å². The van der Waals surface area contributed by atoms with Crippen LogP contribution < -0.4 is 10.6 Å². The molecule has 1 aromatic heterocycles. The molecule has 2 N–H and O–H groups in total. The molecule has 2 amide bonds. The van der Waals surface area contributed by atoms with Crippen LogP contribution in [0.15, 0.2) is 36.5 Å². The monoisotopic (exact) mass is 365 g/mol. The van der Waals surface area contributed by atoms with Crippen molar-refractivity contribution in [2.24, 2.45) is 0 Å². The number of aryl methyl sites for hydroxylation is 2. The number of nitrogens with one attached hydrogen (secondary N) is 2. The third-order valence-electron chi connectivity index (χ3n) is 5.09. The number of hydrogen-bond acceptors (Lipinski definition) is 3. The molecule has 1 aliphatic carbocycles. The van der Waals surface area contributed by atoms with Crippen LogP contribution in [-0.4, -0.2) is 22.8 Å². The highest BCUT2D eigenvalue weighted by Gasteiger charge is 2.17. The van der Waals surface area contributed by atoms with Crippen molar-refractivity contribution in [3.63, 3.8) is 0 Å². The van der Waals surface area contributed by atoms with E-state index in [9.17, 15) is 9.59 Å². The largest absolute Gasteiger partial charge is 0.349 e. The van der Waals surface area contributed by atoms with Crippen LogP contribution >= 0.6 is 0 Å². The molecule has 0 spiro atoms. The van der Waals surface area contributed by atoms with E-state index in [2.05, 4.69) is 15.6 Å². The second-order valence-electron chi connectivity index (χ2n) is 7.36. The second kappa shape index (κ2) is 8.80. The number of benzene rings is 1. The third-order valence-corrected chi connectivity index (χ3v) is 5.09. The number of amides is 2. The number of carbonyl (C=O) groups excluding carboxylic acids is 2. The lowest BCUT2D eigenvalue weighted by Gasteiger charge is -2.16. The summed E-state index contributed by atoms with van der Waals surface area (Å²) in [7, 11) is 0. The van der Waals surface area contributed by atoms with Gasteiger partial charge in [-0.3, -0.25) is 14.6 Å². The normalized spacial score (nSPS) is 15.0. The van der Waals surface area contributed by atoms with E-state index in [0.717, 1.165) is 42.5 Å². The fourth-order valence-electron chi connectivity index (χ4n) is 3.45. The SMILES string of the molecule is Cc1ccc(C)c(NC(=O)c2cc(C(=O)NC3CCCCCC3)ccn2)c1. The maximum absolute atomic E-state index is 12.6. The van der Waals surface area contributed by atoms with Crippen molar-refractivity contribution in [2.45, 2.75) is 58.4 Å². The Labute approximate surface area is 160 Å². The van der Waals surface area contributed by atoms with Gasteiger partial charge in [0, 0.05) is 23.5 Å². The average molecular weight is 365 g/mol. The molecule has 5 heteroatoms. The van der Waals surface area contributed by atoms with Gasteiger partial charge in [-0.25, -0.2) is 0 Å². The third kappa shape index (κ3) is 5.16. The van der Waals surface area contributed by atoms with Crippen molar-refractivity contribution in [1.82, 2.24) is 10.3 Å². The summed E-state index contributed by atoms with van der Waals surface area (Å²) in [5, 5.41) is 6.00. The summed E-state index contributed by atoms with van der Waals surface area (Å²) in [6.07, 6.45) is 8.36. The van der Waals surface area contributed by atoms with E-state index in [4.69, 9.17) is 0 Å². The van der Waals surface area contributed by atoms with Gasteiger partial charge in [0.25, 0.3) is 11.8 Å². The van der Waals surface area contributed by atoms with E-state index in [0.29, 0.717) is 5.56 Å². The zero-order valence-electron chi connectivity index (χ0n) is 16.0. The first-order chi connectivity index (χ1) is 13.0. The number of aromatic nitrogens is 1. The van der Waals surface area contributed by atoms with Gasteiger partial charge in [-0.2, -0.15) is 0 Å². The van der Waals surface area contributed by atoms with Crippen LogP contribution in [0.4, 0.5) is 5.69 Å². The predicted octanol–water partition coefficient (Wildman–Crippen LogP) is 4.40. The smallest absolute Gasteiger partial charge is 0.274 e. The predicted molar refractivity (Wildman–Crippen MR) is 107 cm³/mol. The lowest BCUT2D eigenvalue weighted by atomic mass is 10.1. The quantitative estimate of drug-likeness (QED) is 0.789. The number of anilines is 1.